The monoisotopic (exact) mass is 306 g/mol. The summed E-state index contributed by atoms with van der Waals surface area (Å²) < 4.78 is 5.63. The van der Waals surface area contributed by atoms with Crippen molar-refractivity contribution >= 4 is 5.91 Å². The lowest BCUT2D eigenvalue weighted by molar-refractivity contribution is -0.124. The van der Waals surface area contributed by atoms with E-state index in [1.54, 1.807) is 0 Å². The SMILES string of the molecule is Cc1cccc(OCC(O)CN2CC(C(N)=O)CCC2C)c1. The Morgan fingerprint density at radius 1 is 1.50 bits per heavy atom. The van der Waals surface area contributed by atoms with Gasteiger partial charge in [0.1, 0.15) is 18.5 Å². The zero-order valence-electron chi connectivity index (χ0n) is 13.4. The van der Waals surface area contributed by atoms with Gasteiger partial charge in [-0.3, -0.25) is 9.69 Å². The van der Waals surface area contributed by atoms with Gasteiger partial charge in [0.05, 0.1) is 5.92 Å². The van der Waals surface area contributed by atoms with Gasteiger partial charge < -0.3 is 15.6 Å². The normalized spacial score (nSPS) is 24.0. The summed E-state index contributed by atoms with van der Waals surface area (Å²) in [4.78, 5) is 13.5. The molecule has 0 saturated carbocycles. The lowest BCUT2D eigenvalue weighted by Gasteiger charge is -2.37. The van der Waals surface area contributed by atoms with Gasteiger partial charge in [-0.05, 0) is 44.4 Å². The summed E-state index contributed by atoms with van der Waals surface area (Å²) >= 11 is 0. The third kappa shape index (κ3) is 4.71. The van der Waals surface area contributed by atoms with E-state index in [1.807, 2.05) is 31.2 Å². The van der Waals surface area contributed by atoms with E-state index in [9.17, 15) is 9.90 Å². The number of hydrogen-bond donors (Lipinski definition) is 2. The number of benzene rings is 1. The van der Waals surface area contributed by atoms with Crippen LogP contribution in [0.25, 0.3) is 0 Å². The molecule has 22 heavy (non-hydrogen) atoms. The average molecular weight is 306 g/mol. The molecule has 1 aliphatic rings. The molecule has 0 aliphatic carbocycles. The predicted octanol–water partition coefficient (Wildman–Crippen LogP) is 1.32. The van der Waals surface area contributed by atoms with Crippen LogP contribution in [-0.2, 0) is 4.79 Å². The van der Waals surface area contributed by atoms with Crippen LogP contribution in [0.15, 0.2) is 24.3 Å². The van der Waals surface area contributed by atoms with Crippen molar-refractivity contribution in [3.63, 3.8) is 0 Å². The van der Waals surface area contributed by atoms with E-state index in [0.29, 0.717) is 19.1 Å². The quantitative estimate of drug-likeness (QED) is 0.831. The number of ether oxygens (including phenoxy) is 1. The van der Waals surface area contributed by atoms with Crippen molar-refractivity contribution in [1.82, 2.24) is 4.90 Å². The van der Waals surface area contributed by atoms with E-state index < -0.39 is 6.10 Å². The second-order valence-electron chi connectivity index (χ2n) is 6.26. The summed E-state index contributed by atoms with van der Waals surface area (Å²) in [6, 6.07) is 8.11. The second kappa shape index (κ2) is 7.61. The van der Waals surface area contributed by atoms with Crippen LogP contribution in [0.4, 0.5) is 0 Å². The smallest absolute Gasteiger partial charge is 0.221 e. The van der Waals surface area contributed by atoms with Gasteiger partial charge in [-0.2, -0.15) is 0 Å². The molecule has 3 atom stereocenters. The fourth-order valence-corrected chi connectivity index (χ4v) is 2.89. The molecule has 0 aromatic heterocycles. The number of β-amino-alcohol motifs (C(OH)–C–C–N with tert-alkyl or cyclic N) is 1. The number of amides is 1. The van der Waals surface area contributed by atoms with Gasteiger partial charge in [0.2, 0.25) is 5.91 Å². The number of rotatable bonds is 6. The molecular formula is C17H26N2O3. The Hall–Kier alpha value is -1.59. The van der Waals surface area contributed by atoms with Gasteiger partial charge >= 0.3 is 0 Å². The van der Waals surface area contributed by atoms with Gasteiger partial charge in [0.15, 0.2) is 0 Å². The molecule has 1 aromatic carbocycles. The van der Waals surface area contributed by atoms with E-state index in [0.717, 1.165) is 24.2 Å². The number of piperidine rings is 1. The molecule has 0 bridgehead atoms. The van der Waals surface area contributed by atoms with Crippen molar-refractivity contribution in [1.29, 1.82) is 0 Å². The van der Waals surface area contributed by atoms with Crippen molar-refractivity contribution in [3.8, 4) is 5.75 Å². The van der Waals surface area contributed by atoms with Crippen molar-refractivity contribution in [3.05, 3.63) is 29.8 Å². The summed E-state index contributed by atoms with van der Waals surface area (Å²) in [6.07, 6.45) is 1.18. The first-order chi connectivity index (χ1) is 10.5. The molecule has 2 rings (SSSR count). The van der Waals surface area contributed by atoms with Gasteiger partial charge in [-0.1, -0.05) is 12.1 Å². The van der Waals surface area contributed by atoms with Crippen molar-refractivity contribution in [2.24, 2.45) is 11.7 Å². The summed E-state index contributed by atoms with van der Waals surface area (Å²) in [5.41, 5.74) is 6.53. The van der Waals surface area contributed by atoms with Crippen LogP contribution >= 0.6 is 0 Å². The van der Waals surface area contributed by atoms with Crippen LogP contribution < -0.4 is 10.5 Å². The van der Waals surface area contributed by atoms with Crippen molar-refractivity contribution in [2.75, 3.05) is 19.7 Å². The Balaban J connectivity index is 1.82. The first kappa shape index (κ1) is 16.8. The summed E-state index contributed by atoms with van der Waals surface area (Å²) in [5.74, 6) is 0.407. The minimum atomic E-state index is -0.588. The minimum absolute atomic E-state index is 0.110. The highest BCUT2D eigenvalue weighted by Gasteiger charge is 2.29. The van der Waals surface area contributed by atoms with E-state index in [2.05, 4.69) is 11.8 Å². The van der Waals surface area contributed by atoms with Crippen LogP contribution in [-0.4, -0.2) is 47.8 Å². The molecule has 1 saturated heterocycles. The molecular weight excluding hydrogens is 280 g/mol. The molecule has 1 heterocycles. The largest absolute Gasteiger partial charge is 0.491 e. The van der Waals surface area contributed by atoms with E-state index in [4.69, 9.17) is 10.5 Å². The van der Waals surface area contributed by atoms with Gasteiger partial charge in [-0.25, -0.2) is 0 Å². The van der Waals surface area contributed by atoms with Crippen LogP contribution in [0.2, 0.25) is 0 Å². The molecule has 1 aliphatic heterocycles. The first-order valence-corrected chi connectivity index (χ1v) is 7.86. The number of nitrogens with zero attached hydrogens (tertiary/aromatic N) is 1. The Kier molecular flexibility index (Phi) is 5.80. The maximum atomic E-state index is 11.3. The van der Waals surface area contributed by atoms with Gasteiger partial charge in [-0.15, -0.1) is 0 Å². The summed E-state index contributed by atoms with van der Waals surface area (Å²) in [7, 11) is 0. The molecule has 3 N–H and O–H groups in total. The van der Waals surface area contributed by atoms with E-state index in [-0.39, 0.29) is 18.4 Å². The second-order valence-corrected chi connectivity index (χ2v) is 6.26. The molecule has 1 fully saturated rings. The fourth-order valence-electron chi connectivity index (χ4n) is 2.89. The molecule has 5 heteroatoms. The lowest BCUT2D eigenvalue weighted by Crippen LogP contribution is -2.49. The Morgan fingerprint density at radius 3 is 2.95 bits per heavy atom. The molecule has 0 spiro atoms. The van der Waals surface area contributed by atoms with Gasteiger partial charge in [0, 0.05) is 19.1 Å². The highest BCUT2D eigenvalue weighted by atomic mass is 16.5. The Labute approximate surface area is 132 Å². The highest BCUT2D eigenvalue weighted by molar-refractivity contribution is 5.76. The number of aliphatic hydroxyl groups excluding tert-OH is 1. The number of likely N-dealkylation sites (tertiary alicyclic amines) is 1. The van der Waals surface area contributed by atoms with Crippen LogP contribution in [0.3, 0.4) is 0 Å². The molecule has 122 valence electrons. The molecule has 5 nitrogen and oxygen atoms in total. The zero-order chi connectivity index (χ0) is 16.1. The maximum absolute atomic E-state index is 11.3. The first-order valence-electron chi connectivity index (χ1n) is 7.86. The van der Waals surface area contributed by atoms with E-state index in [1.165, 1.54) is 0 Å². The van der Waals surface area contributed by atoms with Gasteiger partial charge in [0.25, 0.3) is 0 Å². The number of carbonyl (C=O) groups is 1. The molecule has 1 aromatic rings. The molecule has 0 radical (unpaired) electrons. The third-order valence-corrected chi connectivity index (χ3v) is 4.29. The number of nitrogens with two attached hydrogens (primary N) is 1. The number of carbonyl (C=O) groups excluding carboxylic acids is 1. The summed E-state index contributed by atoms with van der Waals surface area (Å²) in [5, 5.41) is 10.2. The standard InChI is InChI=1S/C17H26N2O3/c1-12-4-3-5-16(8-12)22-11-15(20)10-19-9-14(17(18)21)7-6-13(19)2/h3-5,8,13-15,20H,6-7,9-11H2,1-2H3,(H2,18,21). The lowest BCUT2D eigenvalue weighted by atomic mass is 9.93. The molecule has 3 unspecified atom stereocenters. The number of aliphatic hydroxyl groups is 1. The van der Waals surface area contributed by atoms with Crippen molar-refractivity contribution in [2.45, 2.75) is 38.8 Å². The topological polar surface area (TPSA) is 75.8 Å². The summed E-state index contributed by atoms with van der Waals surface area (Å²) in [6.45, 7) is 5.48. The maximum Gasteiger partial charge on any atom is 0.221 e. The highest BCUT2D eigenvalue weighted by Crippen LogP contribution is 2.22. The third-order valence-electron chi connectivity index (χ3n) is 4.29. The Bertz CT molecular complexity index is 506. The zero-order valence-corrected chi connectivity index (χ0v) is 13.4. The van der Waals surface area contributed by atoms with Crippen LogP contribution in [0.5, 0.6) is 5.75 Å². The number of hydrogen-bond acceptors (Lipinski definition) is 4. The predicted molar refractivity (Wildman–Crippen MR) is 85.6 cm³/mol. The Morgan fingerprint density at radius 2 is 2.27 bits per heavy atom. The average Bonchev–Trinajstić information content (AvgIpc) is 2.47. The minimum Gasteiger partial charge on any atom is -0.491 e. The number of primary amides is 1. The van der Waals surface area contributed by atoms with Crippen LogP contribution in [0, 0.1) is 12.8 Å². The fraction of sp³-hybridized carbons (Fsp3) is 0.588. The molecule has 1 amide bonds. The number of aryl methyl sites for hydroxylation is 1. The van der Waals surface area contributed by atoms with Crippen molar-refractivity contribution < 1.29 is 14.6 Å². The van der Waals surface area contributed by atoms with Crippen LogP contribution in [0.1, 0.15) is 25.3 Å². The van der Waals surface area contributed by atoms with E-state index >= 15 is 0 Å².